The van der Waals surface area contributed by atoms with Crippen LogP contribution in [0.15, 0.2) is 42.6 Å². The molecule has 1 fully saturated rings. The maximum absolute atomic E-state index is 11.7. The van der Waals surface area contributed by atoms with E-state index in [1.165, 1.54) is 0 Å². The van der Waals surface area contributed by atoms with Crippen LogP contribution < -0.4 is 16.0 Å². The van der Waals surface area contributed by atoms with Crippen LogP contribution in [0, 0.1) is 5.41 Å². The minimum absolute atomic E-state index is 0.00270. The zero-order valence-electron chi connectivity index (χ0n) is 12.7. The van der Waals surface area contributed by atoms with E-state index >= 15 is 0 Å². The van der Waals surface area contributed by atoms with Crippen molar-refractivity contribution in [3.63, 3.8) is 0 Å². The SMILES string of the molecule is N=C(c1ccnc(N2CCCNC(=O)C2)c1)c1ccccc1N. The average Bonchev–Trinajstić information content (AvgIpc) is 2.79. The highest BCUT2D eigenvalue weighted by molar-refractivity contribution is 6.14. The molecule has 0 spiro atoms. The quantitative estimate of drug-likeness (QED) is 0.590. The first-order valence-corrected chi connectivity index (χ1v) is 7.56. The minimum atomic E-state index is -0.00270. The highest BCUT2D eigenvalue weighted by Gasteiger charge is 2.17. The van der Waals surface area contributed by atoms with Crippen molar-refractivity contribution >= 4 is 23.1 Å². The number of pyridine rings is 1. The molecule has 1 aromatic heterocycles. The molecule has 118 valence electrons. The van der Waals surface area contributed by atoms with Crippen molar-refractivity contribution < 1.29 is 4.79 Å². The Kier molecular flexibility index (Phi) is 4.23. The van der Waals surface area contributed by atoms with E-state index in [1.807, 2.05) is 29.2 Å². The van der Waals surface area contributed by atoms with Gasteiger partial charge in [-0.2, -0.15) is 0 Å². The summed E-state index contributed by atoms with van der Waals surface area (Å²) in [6.45, 7) is 1.73. The lowest BCUT2D eigenvalue weighted by molar-refractivity contribution is -0.119. The molecule has 1 aliphatic rings. The van der Waals surface area contributed by atoms with E-state index in [1.54, 1.807) is 18.3 Å². The molecule has 1 aliphatic heterocycles. The first kappa shape index (κ1) is 15.0. The number of carbonyl (C=O) groups excluding carboxylic acids is 1. The number of aromatic nitrogens is 1. The number of nitrogens with two attached hydrogens (primary N) is 1. The van der Waals surface area contributed by atoms with Gasteiger partial charge < -0.3 is 16.0 Å². The molecule has 1 aromatic carbocycles. The van der Waals surface area contributed by atoms with E-state index in [9.17, 15) is 4.79 Å². The highest BCUT2D eigenvalue weighted by Crippen LogP contribution is 2.19. The van der Waals surface area contributed by atoms with Crippen LogP contribution in [0.5, 0.6) is 0 Å². The van der Waals surface area contributed by atoms with Crippen LogP contribution in [-0.4, -0.2) is 36.2 Å². The van der Waals surface area contributed by atoms with Gasteiger partial charge in [-0.25, -0.2) is 4.98 Å². The van der Waals surface area contributed by atoms with Gasteiger partial charge in [-0.3, -0.25) is 10.2 Å². The van der Waals surface area contributed by atoms with Crippen molar-refractivity contribution in [2.24, 2.45) is 0 Å². The molecule has 23 heavy (non-hydrogen) atoms. The van der Waals surface area contributed by atoms with Crippen LogP contribution in [0.4, 0.5) is 11.5 Å². The van der Waals surface area contributed by atoms with Gasteiger partial charge in [0, 0.05) is 36.1 Å². The number of para-hydroxylation sites is 1. The first-order valence-electron chi connectivity index (χ1n) is 7.56. The molecule has 2 aromatic rings. The van der Waals surface area contributed by atoms with Gasteiger partial charge >= 0.3 is 0 Å². The molecule has 2 heterocycles. The fourth-order valence-corrected chi connectivity index (χ4v) is 2.63. The van der Waals surface area contributed by atoms with E-state index in [4.69, 9.17) is 11.1 Å². The summed E-state index contributed by atoms with van der Waals surface area (Å²) in [5, 5.41) is 11.2. The lowest BCUT2D eigenvalue weighted by Crippen LogP contribution is -2.33. The number of anilines is 2. The van der Waals surface area contributed by atoms with Crippen molar-refractivity contribution in [3.8, 4) is 0 Å². The molecule has 1 amide bonds. The molecule has 0 unspecified atom stereocenters. The van der Waals surface area contributed by atoms with Gasteiger partial charge in [0.05, 0.1) is 12.3 Å². The van der Waals surface area contributed by atoms with Crippen molar-refractivity contribution in [2.75, 3.05) is 30.3 Å². The summed E-state index contributed by atoms with van der Waals surface area (Å²) >= 11 is 0. The standard InChI is InChI=1S/C17H19N5O/c18-14-5-2-1-4-13(14)17(19)12-6-8-20-15(10-12)22-9-3-7-21-16(23)11-22/h1-2,4-6,8,10,19H,3,7,9,11,18H2,(H,21,23). The van der Waals surface area contributed by atoms with Crippen LogP contribution in [-0.2, 0) is 4.79 Å². The van der Waals surface area contributed by atoms with Gasteiger partial charge in [0.1, 0.15) is 5.82 Å². The Morgan fingerprint density at radius 2 is 2.13 bits per heavy atom. The summed E-state index contributed by atoms with van der Waals surface area (Å²) in [5.41, 5.74) is 8.31. The molecule has 0 aliphatic carbocycles. The molecular formula is C17H19N5O. The fourth-order valence-electron chi connectivity index (χ4n) is 2.63. The summed E-state index contributed by atoms with van der Waals surface area (Å²) < 4.78 is 0. The molecule has 1 saturated heterocycles. The third kappa shape index (κ3) is 3.31. The minimum Gasteiger partial charge on any atom is -0.398 e. The van der Waals surface area contributed by atoms with Crippen molar-refractivity contribution in [1.82, 2.24) is 10.3 Å². The van der Waals surface area contributed by atoms with Gasteiger partial charge in [-0.15, -0.1) is 0 Å². The normalized spacial score (nSPS) is 15.0. The number of hydrogen-bond acceptors (Lipinski definition) is 5. The third-order valence-electron chi connectivity index (χ3n) is 3.85. The largest absolute Gasteiger partial charge is 0.398 e. The van der Waals surface area contributed by atoms with Gasteiger partial charge in [0.2, 0.25) is 5.91 Å². The summed E-state index contributed by atoms with van der Waals surface area (Å²) in [6, 6.07) is 11.0. The Bertz CT molecular complexity index is 743. The maximum atomic E-state index is 11.7. The number of hydrogen-bond donors (Lipinski definition) is 3. The monoisotopic (exact) mass is 309 g/mol. The number of benzene rings is 1. The number of nitrogens with one attached hydrogen (secondary N) is 2. The van der Waals surface area contributed by atoms with Crippen LogP contribution in [0.3, 0.4) is 0 Å². The lowest BCUT2D eigenvalue weighted by Gasteiger charge is -2.20. The second kappa shape index (κ2) is 6.48. The van der Waals surface area contributed by atoms with E-state index in [0.29, 0.717) is 29.3 Å². The van der Waals surface area contributed by atoms with E-state index in [2.05, 4.69) is 10.3 Å². The van der Waals surface area contributed by atoms with Crippen LogP contribution in [0.25, 0.3) is 0 Å². The Morgan fingerprint density at radius 1 is 1.30 bits per heavy atom. The number of nitrogens with zero attached hydrogens (tertiary/aromatic N) is 2. The van der Waals surface area contributed by atoms with Crippen molar-refractivity contribution in [2.45, 2.75) is 6.42 Å². The number of carbonyl (C=O) groups is 1. The summed E-state index contributed by atoms with van der Waals surface area (Å²) in [6.07, 6.45) is 2.54. The van der Waals surface area contributed by atoms with Gasteiger partial charge in [0.25, 0.3) is 0 Å². The van der Waals surface area contributed by atoms with Crippen molar-refractivity contribution in [3.05, 3.63) is 53.7 Å². The lowest BCUT2D eigenvalue weighted by atomic mass is 10.0. The number of amides is 1. The summed E-state index contributed by atoms with van der Waals surface area (Å²) in [4.78, 5) is 18.0. The maximum Gasteiger partial charge on any atom is 0.239 e. The zero-order chi connectivity index (χ0) is 16.2. The number of nitrogen functional groups attached to an aromatic ring is 1. The van der Waals surface area contributed by atoms with Gasteiger partial charge in [-0.1, -0.05) is 18.2 Å². The molecule has 0 radical (unpaired) electrons. The summed E-state index contributed by atoms with van der Waals surface area (Å²) in [5.74, 6) is 0.705. The van der Waals surface area contributed by atoms with Gasteiger partial charge in [0.15, 0.2) is 0 Å². The molecule has 0 saturated carbocycles. The molecule has 4 N–H and O–H groups in total. The fraction of sp³-hybridized carbons (Fsp3) is 0.235. The second-order valence-electron chi connectivity index (χ2n) is 5.49. The van der Waals surface area contributed by atoms with E-state index in [0.717, 1.165) is 18.5 Å². The smallest absolute Gasteiger partial charge is 0.239 e. The molecule has 0 bridgehead atoms. The molecular weight excluding hydrogens is 290 g/mol. The average molecular weight is 309 g/mol. The first-order chi connectivity index (χ1) is 11.1. The number of rotatable bonds is 3. The zero-order valence-corrected chi connectivity index (χ0v) is 12.7. The molecule has 3 rings (SSSR count). The predicted octanol–water partition coefficient (Wildman–Crippen LogP) is 1.41. The van der Waals surface area contributed by atoms with Gasteiger partial charge in [-0.05, 0) is 24.6 Å². The van der Waals surface area contributed by atoms with E-state index in [-0.39, 0.29) is 12.5 Å². The van der Waals surface area contributed by atoms with Crippen LogP contribution in [0.2, 0.25) is 0 Å². The Morgan fingerprint density at radius 3 is 2.96 bits per heavy atom. The Labute approximate surface area is 134 Å². The highest BCUT2D eigenvalue weighted by atomic mass is 16.2. The van der Waals surface area contributed by atoms with Crippen LogP contribution in [0.1, 0.15) is 17.5 Å². The Hall–Kier alpha value is -2.89. The van der Waals surface area contributed by atoms with Crippen molar-refractivity contribution in [1.29, 1.82) is 5.41 Å². The molecule has 6 heteroatoms. The second-order valence-corrected chi connectivity index (χ2v) is 5.49. The summed E-state index contributed by atoms with van der Waals surface area (Å²) in [7, 11) is 0. The topological polar surface area (TPSA) is 95.1 Å². The van der Waals surface area contributed by atoms with E-state index < -0.39 is 0 Å². The molecule has 6 nitrogen and oxygen atoms in total. The third-order valence-corrected chi connectivity index (χ3v) is 3.85. The predicted molar refractivity (Wildman–Crippen MR) is 90.9 cm³/mol. The van der Waals surface area contributed by atoms with Crippen LogP contribution >= 0.6 is 0 Å². The molecule has 0 atom stereocenters. The Balaban J connectivity index is 1.89.